The standard InChI is InChI=1S/C22H28BrN5/c1-24-21(26-16-22(10-11-22)17-5-4-6-18(23)15-17)27-19-8-13-28(14-9-19)20-7-2-3-12-25-20/h2-7,12,15,19H,8-11,13-14,16H2,1H3,(H2,24,26,27). The number of piperidine rings is 1. The van der Waals surface area contributed by atoms with Gasteiger partial charge in [-0.3, -0.25) is 4.99 Å². The Kier molecular flexibility index (Phi) is 5.85. The number of hydrogen-bond donors (Lipinski definition) is 2. The summed E-state index contributed by atoms with van der Waals surface area (Å²) in [6.07, 6.45) is 6.51. The number of halogens is 1. The third-order valence-electron chi connectivity index (χ3n) is 5.92. The van der Waals surface area contributed by atoms with E-state index >= 15 is 0 Å². The summed E-state index contributed by atoms with van der Waals surface area (Å²) in [7, 11) is 1.86. The molecular weight excluding hydrogens is 414 g/mol. The molecule has 1 aromatic carbocycles. The minimum absolute atomic E-state index is 0.254. The molecule has 0 spiro atoms. The Bertz CT molecular complexity index is 811. The molecule has 28 heavy (non-hydrogen) atoms. The number of pyridine rings is 1. The highest BCUT2D eigenvalue weighted by Crippen LogP contribution is 2.48. The van der Waals surface area contributed by atoms with Crippen LogP contribution in [-0.4, -0.2) is 43.7 Å². The van der Waals surface area contributed by atoms with Gasteiger partial charge in [0.25, 0.3) is 0 Å². The summed E-state index contributed by atoms with van der Waals surface area (Å²) in [5.41, 5.74) is 1.66. The van der Waals surface area contributed by atoms with Crippen molar-refractivity contribution in [1.82, 2.24) is 15.6 Å². The smallest absolute Gasteiger partial charge is 0.191 e. The maximum Gasteiger partial charge on any atom is 0.191 e. The lowest BCUT2D eigenvalue weighted by Gasteiger charge is -2.34. The predicted octanol–water partition coefficient (Wildman–Crippen LogP) is 3.71. The first-order chi connectivity index (χ1) is 13.7. The third-order valence-corrected chi connectivity index (χ3v) is 6.41. The monoisotopic (exact) mass is 441 g/mol. The maximum absolute atomic E-state index is 4.47. The molecule has 2 heterocycles. The molecule has 2 aromatic rings. The van der Waals surface area contributed by atoms with E-state index in [1.54, 1.807) is 0 Å². The molecule has 2 fully saturated rings. The van der Waals surface area contributed by atoms with Crippen molar-refractivity contribution in [3.63, 3.8) is 0 Å². The zero-order valence-electron chi connectivity index (χ0n) is 16.4. The van der Waals surface area contributed by atoms with Gasteiger partial charge in [-0.2, -0.15) is 0 Å². The van der Waals surface area contributed by atoms with Gasteiger partial charge in [-0.15, -0.1) is 0 Å². The quantitative estimate of drug-likeness (QED) is 0.548. The first kappa shape index (κ1) is 19.2. The Hall–Kier alpha value is -2.08. The molecule has 0 unspecified atom stereocenters. The van der Waals surface area contributed by atoms with Crippen LogP contribution in [0.4, 0.5) is 5.82 Å². The number of hydrogen-bond acceptors (Lipinski definition) is 3. The molecule has 5 nitrogen and oxygen atoms in total. The van der Waals surface area contributed by atoms with Gasteiger partial charge in [-0.05, 0) is 55.5 Å². The third kappa shape index (κ3) is 4.49. The zero-order valence-corrected chi connectivity index (χ0v) is 18.0. The van der Waals surface area contributed by atoms with E-state index in [1.165, 1.54) is 18.4 Å². The SMILES string of the molecule is CN=C(NCC1(c2cccc(Br)c2)CC1)NC1CCN(c2ccccn2)CC1. The fourth-order valence-electron chi connectivity index (χ4n) is 3.97. The average Bonchev–Trinajstić information content (AvgIpc) is 3.53. The minimum atomic E-state index is 0.254. The van der Waals surface area contributed by atoms with Crippen LogP contribution in [0.25, 0.3) is 0 Å². The number of benzene rings is 1. The Labute approximate surface area is 175 Å². The van der Waals surface area contributed by atoms with Crippen molar-refractivity contribution in [1.29, 1.82) is 0 Å². The Morgan fingerprint density at radius 3 is 2.68 bits per heavy atom. The van der Waals surface area contributed by atoms with Crippen LogP contribution in [0.3, 0.4) is 0 Å². The van der Waals surface area contributed by atoms with E-state index in [0.29, 0.717) is 6.04 Å². The molecule has 1 aromatic heterocycles. The number of guanidine groups is 1. The molecule has 148 valence electrons. The molecule has 2 aliphatic rings. The maximum atomic E-state index is 4.47. The number of nitrogens with one attached hydrogen (secondary N) is 2. The molecule has 4 rings (SSSR count). The zero-order chi connectivity index (χ0) is 19.4. The van der Waals surface area contributed by atoms with Crippen LogP contribution in [0.15, 0.2) is 58.1 Å². The molecule has 1 aliphatic carbocycles. The van der Waals surface area contributed by atoms with Crippen molar-refractivity contribution in [2.24, 2.45) is 4.99 Å². The van der Waals surface area contributed by atoms with Gasteiger partial charge < -0.3 is 15.5 Å². The van der Waals surface area contributed by atoms with Crippen molar-refractivity contribution in [2.45, 2.75) is 37.1 Å². The van der Waals surface area contributed by atoms with Crippen LogP contribution in [0, 0.1) is 0 Å². The van der Waals surface area contributed by atoms with Crippen LogP contribution in [-0.2, 0) is 5.41 Å². The minimum Gasteiger partial charge on any atom is -0.356 e. The van der Waals surface area contributed by atoms with E-state index in [4.69, 9.17) is 0 Å². The van der Waals surface area contributed by atoms with Crippen LogP contribution >= 0.6 is 15.9 Å². The van der Waals surface area contributed by atoms with E-state index < -0.39 is 0 Å². The fourth-order valence-corrected chi connectivity index (χ4v) is 4.37. The second-order valence-electron chi connectivity index (χ2n) is 7.81. The van der Waals surface area contributed by atoms with Crippen molar-refractivity contribution >= 4 is 27.7 Å². The average molecular weight is 442 g/mol. The van der Waals surface area contributed by atoms with Gasteiger partial charge in [0.15, 0.2) is 5.96 Å². The molecule has 0 amide bonds. The van der Waals surface area contributed by atoms with Gasteiger partial charge in [-0.1, -0.05) is 34.1 Å². The molecule has 6 heteroatoms. The normalized spacial score (nSPS) is 19.4. The molecule has 1 saturated heterocycles. The Balaban J connectivity index is 1.28. The molecule has 2 N–H and O–H groups in total. The highest BCUT2D eigenvalue weighted by Gasteiger charge is 2.44. The van der Waals surface area contributed by atoms with Crippen LogP contribution in [0.5, 0.6) is 0 Å². The van der Waals surface area contributed by atoms with Crippen molar-refractivity contribution in [3.05, 3.63) is 58.7 Å². The number of rotatable bonds is 5. The summed E-state index contributed by atoms with van der Waals surface area (Å²) in [5, 5.41) is 7.20. The molecule has 1 aliphatic heterocycles. The van der Waals surface area contributed by atoms with E-state index in [1.807, 2.05) is 19.3 Å². The number of nitrogens with zero attached hydrogens (tertiary/aromatic N) is 3. The van der Waals surface area contributed by atoms with Crippen molar-refractivity contribution in [3.8, 4) is 0 Å². The molecule has 0 atom stereocenters. The van der Waals surface area contributed by atoms with E-state index in [0.717, 1.165) is 48.7 Å². The first-order valence-electron chi connectivity index (χ1n) is 10.1. The highest BCUT2D eigenvalue weighted by atomic mass is 79.9. The number of aliphatic imine (C=N–C) groups is 1. The summed E-state index contributed by atoms with van der Waals surface area (Å²) in [6, 6.07) is 15.3. The predicted molar refractivity (Wildman–Crippen MR) is 119 cm³/mol. The second-order valence-corrected chi connectivity index (χ2v) is 8.73. The lowest BCUT2D eigenvalue weighted by atomic mass is 9.96. The Morgan fingerprint density at radius 2 is 2.04 bits per heavy atom. The van der Waals surface area contributed by atoms with Gasteiger partial charge in [0.1, 0.15) is 5.82 Å². The van der Waals surface area contributed by atoms with Gasteiger partial charge in [0.2, 0.25) is 0 Å². The summed E-state index contributed by atoms with van der Waals surface area (Å²) < 4.78 is 1.15. The number of aromatic nitrogens is 1. The summed E-state index contributed by atoms with van der Waals surface area (Å²) >= 11 is 3.60. The largest absolute Gasteiger partial charge is 0.356 e. The van der Waals surface area contributed by atoms with Crippen LogP contribution in [0.1, 0.15) is 31.2 Å². The molecule has 0 radical (unpaired) electrons. The van der Waals surface area contributed by atoms with Crippen molar-refractivity contribution < 1.29 is 0 Å². The van der Waals surface area contributed by atoms with E-state index in [2.05, 4.69) is 77.8 Å². The van der Waals surface area contributed by atoms with E-state index in [9.17, 15) is 0 Å². The van der Waals surface area contributed by atoms with Gasteiger partial charge in [-0.25, -0.2) is 4.98 Å². The number of anilines is 1. The summed E-state index contributed by atoms with van der Waals surface area (Å²) in [6.45, 7) is 2.97. The van der Waals surface area contributed by atoms with Gasteiger partial charge >= 0.3 is 0 Å². The summed E-state index contributed by atoms with van der Waals surface area (Å²) in [5.74, 6) is 1.99. The van der Waals surface area contributed by atoms with E-state index in [-0.39, 0.29) is 5.41 Å². The molecular formula is C22H28BrN5. The topological polar surface area (TPSA) is 52.6 Å². The van der Waals surface area contributed by atoms with Gasteiger partial charge in [0, 0.05) is 48.8 Å². The van der Waals surface area contributed by atoms with Gasteiger partial charge in [0.05, 0.1) is 0 Å². The lowest BCUT2D eigenvalue weighted by Crippen LogP contribution is -2.50. The first-order valence-corrected chi connectivity index (χ1v) is 10.9. The molecule has 1 saturated carbocycles. The van der Waals surface area contributed by atoms with Crippen LogP contribution in [0.2, 0.25) is 0 Å². The summed E-state index contributed by atoms with van der Waals surface area (Å²) in [4.78, 5) is 11.3. The van der Waals surface area contributed by atoms with Crippen LogP contribution < -0.4 is 15.5 Å². The Morgan fingerprint density at radius 1 is 1.21 bits per heavy atom. The molecule has 0 bridgehead atoms. The second kappa shape index (κ2) is 8.52. The fraction of sp³-hybridized carbons (Fsp3) is 0.455. The highest BCUT2D eigenvalue weighted by molar-refractivity contribution is 9.10. The lowest BCUT2D eigenvalue weighted by molar-refractivity contribution is 0.458. The van der Waals surface area contributed by atoms with Crippen molar-refractivity contribution in [2.75, 3.05) is 31.6 Å².